The lowest BCUT2D eigenvalue weighted by Crippen LogP contribution is -2.20. The number of hydrogen-bond donors (Lipinski definition) is 1. The third-order valence-corrected chi connectivity index (χ3v) is 3.10. The molecule has 90 valence electrons. The molecule has 0 spiro atoms. The third-order valence-electron chi connectivity index (χ3n) is 2.79. The van der Waals surface area contributed by atoms with Gasteiger partial charge < -0.3 is 0 Å². The Bertz CT molecular complexity index is 550. The van der Waals surface area contributed by atoms with Crippen molar-refractivity contribution in [2.45, 2.75) is 25.8 Å². The number of nitrogens with zero attached hydrogens (tertiary/aromatic N) is 2. The van der Waals surface area contributed by atoms with E-state index in [-0.39, 0.29) is 5.56 Å². The largest absolute Gasteiger partial charge is 0.299 e. The van der Waals surface area contributed by atoms with Crippen LogP contribution >= 0.6 is 12.6 Å². The first-order valence-corrected chi connectivity index (χ1v) is 6.51. The van der Waals surface area contributed by atoms with Crippen LogP contribution in [0.3, 0.4) is 0 Å². The van der Waals surface area contributed by atoms with Gasteiger partial charge in [-0.25, -0.2) is 4.98 Å². The Morgan fingerprint density at radius 3 is 2.82 bits per heavy atom. The van der Waals surface area contributed by atoms with Gasteiger partial charge in [-0.2, -0.15) is 12.6 Å². The van der Waals surface area contributed by atoms with Crippen LogP contribution in [0.2, 0.25) is 0 Å². The smallest absolute Gasteiger partial charge is 0.261 e. The minimum Gasteiger partial charge on any atom is -0.299 e. The molecule has 0 N–H and O–H groups in total. The van der Waals surface area contributed by atoms with Crippen molar-refractivity contribution in [3.63, 3.8) is 0 Å². The number of aryl methyl sites for hydroxylation is 1. The molecule has 0 amide bonds. The minimum atomic E-state index is 0.0569. The number of fused-ring (bicyclic) bond motifs is 1. The Morgan fingerprint density at radius 2 is 2.00 bits per heavy atom. The Hall–Kier alpha value is -1.29. The van der Waals surface area contributed by atoms with E-state index in [1.54, 1.807) is 10.9 Å². The predicted molar refractivity (Wildman–Crippen MR) is 73.7 cm³/mol. The molecule has 17 heavy (non-hydrogen) atoms. The Balaban J connectivity index is 2.18. The molecule has 0 aliphatic carbocycles. The zero-order valence-electron chi connectivity index (χ0n) is 9.67. The molecule has 1 heterocycles. The summed E-state index contributed by atoms with van der Waals surface area (Å²) < 4.78 is 1.70. The fraction of sp³-hybridized carbons (Fsp3) is 0.385. The van der Waals surface area contributed by atoms with Crippen LogP contribution in [-0.2, 0) is 6.54 Å². The highest BCUT2D eigenvalue weighted by atomic mass is 32.1. The zero-order valence-corrected chi connectivity index (χ0v) is 10.6. The number of aromatic nitrogens is 2. The molecule has 1 aromatic heterocycles. The third kappa shape index (κ3) is 2.88. The molecule has 0 unspecified atom stereocenters. The lowest BCUT2D eigenvalue weighted by molar-refractivity contribution is 0.586. The van der Waals surface area contributed by atoms with Crippen molar-refractivity contribution in [2.24, 2.45) is 0 Å². The van der Waals surface area contributed by atoms with Gasteiger partial charge in [0, 0.05) is 6.54 Å². The molecule has 0 fully saturated rings. The molecule has 2 aromatic rings. The molecule has 1 aromatic carbocycles. The summed E-state index contributed by atoms with van der Waals surface area (Å²) in [6.45, 7) is 0.741. The summed E-state index contributed by atoms with van der Waals surface area (Å²) in [7, 11) is 0. The summed E-state index contributed by atoms with van der Waals surface area (Å²) in [5.74, 6) is 0.908. The van der Waals surface area contributed by atoms with Gasteiger partial charge in [-0.1, -0.05) is 18.6 Å². The molecule has 3 nitrogen and oxygen atoms in total. The van der Waals surface area contributed by atoms with E-state index < -0.39 is 0 Å². The SMILES string of the molecule is O=c1c2ccccc2ncn1CCCCCS. The summed E-state index contributed by atoms with van der Waals surface area (Å²) in [6, 6.07) is 7.46. The van der Waals surface area contributed by atoms with E-state index in [4.69, 9.17) is 0 Å². The second-order valence-electron chi connectivity index (χ2n) is 4.04. The van der Waals surface area contributed by atoms with Gasteiger partial charge in [0.1, 0.15) is 0 Å². The maximum atomic E-state index is 12.1. The molecule has 0 saturated carbocycles. The monoisotopic (exact) mass is 248 g/mol. The fourth-order valence-electron chi connectivity index (χ4n) is 1.84. The molecule has 0 aliphatic rings. The van der Waals surface area contributed by atoms with Crippen LogP contribution in [0.5, 0.6) is 0 Å². The molecule has 4 heteroatoms. The lowest BCUT2D eigenvalue weighted by Gasteiger charge is -2.05. The van der Waals surface area contributed by atoms with Gasteiger partial charge in [0.15, 0.2) is 0 Å². The van der Waals surface area contributed by atoms with Crippen LogP contribution in [0.1, 0.15) is 19.3 Å². The average molecular weight is 248 g/mol. The van der Waals surface area contributed by atoms with Crippen molar-refractivity contribution in [2.75, 3.05) is 5.75 Å². The number of rotatable bonds is 5. The number of unbranched alkanes of at least 4 members (excludes halogenated alkanes) is 2. The summed E-state index contributed by atoms with van der Waals surface area (Å²) in [5.41, 5.74) is 0.825. The van der Waals surface area contributed by atoms with Gasteiger partial charge >= 0.3 is 0 Å². The second kappa shape index (κ2) is 5.87. The van der Waals surface area contributed by atoms with Gasteiger partial charge in [0.05, 0.1) is 17.2 Å². The first-order valence-electron chi connectivity index (χ1n) is 5.88. The highest BCUT2D eigenvalue weighted by Crippen LogP contribution is 2.05. The van der Waals surface area contributed by atoms with Gasteiger partial charge in [-0.3, -0.25) is 9.36 Å². The normalized spacial score (nSPS) is 10.9. The van der Waals surface area contributed by atoms with Gasteiger partial charge in [-0.05, 0) is 30.7 Å². The van der Waals surface area contributed by atoms with Crippen LogP contribution in [-0.4, -0.2) is 15.3 Å². The number of para-hydroxylation sites is 1. The molecule has 0 saturated heterocycles. The summed E-state index contributed by atoms with van der Waals surface area (Å²) in [6.07, 6.45) is 4.84. The van der Waals surface area contributed by atoms with E-state index >= 15 is 0 Å². The number of thiol groups is 1. The highest BCUT2D eigenvalue weighted by molar-refractivity contribution is 7.80. The first-order chi connectivity index (χ1) is 8.33. The number of hydrogen-bond acceptors (Lipinski definition) is 3. The zero-order chi connectivity index (χ0) is 12.1. The van der Waals surface area contributed by atoms with Crippen molar-refractivity contribution in [3.05, 3.63) is 40.9 Å². The van der Waals surface area contributed by atoms with E-state index in [0.29, 0.717) is 5.39 Å². The Labute approximate surface area is 106 Å². The van der Waals surface area contributed by atoms with E-state index in [9.17, 15) is 4.79 Å². The van der Waals surface area contributed by atoms with Crippen molar-refractivity contribution >= 4 is 23.5 Å². The van der Waals surface area contributed by atoms with Crippen LogP contribution in [0.25, 0.3) is 10.9 Å². The van der Waals surface area contributed by atoms with E-state index in [1.807, 2.05) is 24.3 Å². The van der Waals surface area contributed by atoms with Crippen molar-refractivity contribution in [1.29, 1.82) is 0 Å². The maximum absolute atomic E-state index is 12.1. The molecule has 2 rings (SSSR count). The van der Waals surface area contributed by atoms with Gasteiger partial charge in [0.25, 0.3) is 5.56 Å². The topological polar surface area (TPSA) is 34.9 Å². The first kappa shape index (κ1) is 12.2. The predicted octanol–water partition coefficient (Wildman–Crippen LogP) is 2.50. The fourth-order valence-corrected chi connectivity index (χ4v) is 2.06. The average Bonchev–Trinajstić information content (AvgIpc) is 2.37. The molecular formula is C13H16N2OS. The van der Waals surface area contributed by atoms with Crippen molar-refractivity contribution < 1.29 is 0 Å². The molecule has 0 atom stereocenters. The lowest BCUT2D eigenvalue weighted by atomic mass is 10.2. The standard InChI is InChI=1S/C13H16N2OS/c16-13-11-6-2-3-7-12(11)14-10-15(13)8-4-1-5-9-17/h2-3,6-7,10,17H,1,4-5,8-9H2. The quantitative estimate of drug-likeness (QED) is 0.651. The van der Waals surface area contributed by atoms with Crippen LogP contribution in [0, 0.1) is 0 Å². The van der Waals surface area contributed by atoms with Gasteiger partial charge in [0.2, 0.25) is 0 Å². The Kier molecular flexibility index (Phi) is 4.20. The van der Waals surface area contributed by atoms with Gasteiger partial charge in [-0.15, -0.1) is 0 Å². The maximum Gasteiger partial charge on any atom is 0.261 e. The van der Waals surface area contributed by atoms with Crippen LogP contribution < -0.4 is 5.56 Å². The number of benzene rings is 1. The van der Waals surface area contributed by atoms with E-state index in [0.717, 1.165) is 37.1 Å². The summed E-state index contributed by atoms with van der Waals surface area (Å²) in [4.78, 5) is 16.4. The van der Waals surface area contributed by atoms with Crippen LogP contribution in [0.15, 0.2) is 35.4 Å². The molecule has 0 aliphatic heterocycles. The summed E-state index contributed by atoms with van der Waals surface area (Å²) in [5, 5.41) is 0.698. The summed E-state index contributed by atoms with van der Waals surface area (Å²) >= 11 is 4.17. The highest BCUT2D eigenvalue weighted by Gasteiger charge is 2.02. The van der Waals surface area contributed by atoms with Crippen molar-refractivity contribution in [1.82, 2.24) is 9.55 Å². The van der Waals surface area contributed by atoms with E-state index in [2.05, 4.69) is 17.6 Å². The van der Waals surface area contributed by atoms with Crippen molar-refractivity contribution in [3.8, 4) is 0 Å². The second-order valence-corrected chi connectivity index (χ2v) is 4.49. The molecule has 0 radical (unpaired) electrons. The Morgan fingerprint density at radius 1 is 1.18 bits per heavy atom. The molecule has 0 bridgehead atoms. The van der Waals surface area contributed by atoms with Crippen LogP contribution in [0.4, 0.5) is 0 Å². The van der Waals surface area contributed by atoms with E-state index in [1.165, 1.54) is 0 Å². The minimum absolute atomic E-state index is 0.0569. The molecular weight excluding hydrogens is 232 g/mol.